The number of nitrogens with one attached hydrogen (secondary N) is 1. The molecule has 0 bridgehead atoms. The van der Waals surface area contributed by atoms with Gasteiger partial charge in [0.15, 0.2) is 5.58 Å². The lowest BCUT2D eigenvalue weighted by molar-refractivity contribution is -0.113. The van der Waals surface area contributed by atoms with E-state index in [1.807, 2.05) is 24.3 Å². The fraction of sp³-hybridized carbons (Fsp3) is 0.0667. The van der Waals surface area contributed by atoms with E-state index in [0.717, 1.165) is 15.6 Å². The molecule has 0 aliphatic carbocycles. The summed E-state index contributed by atoms with van der Waals surface area (Å²) in [6.45, 7) is 0. The lowest BCUT2D eigenvalue weighted by atomic mass is 10.2. The van der Waals surface area contributed by atoms with Gasteiger partial charge >= 0.3 is 0 Å². The Balaban J connectivity index is 2.01. The second-order valence-corrected chi connectivity index (χ2v) is 5.48. The fourth-order valence-corrected chi connectivity index (χ4v) is 2.47. The minimum atomic E-state index is -0.262. The van der Waals surface area contributed by atoms with Crippen molar-refractivity contribution in [1.29, 1.82) is 0 Å². The lowest BCUT2D eigenvalue weighted by Gasteiger charge is -2.01. The number of hydrogen-bond acceptors (Lipinski definition) is 3. The molecule has 1 amide bonds. The van der Waals surface area contributed by atoms with Crippen molar-refractivity contribution in [3.05, 3.63) is 46.9 Å². The summed E-state index contributed by atoms with van der Waals surface area (Å²) < 4.78 is 6.67. The third-order valence-corrected chi connectivity index (χ3v) is 3.83. The lowest BCUT2D eigenvalue weighted by Crippen LogP contribution is -2.12. The third-order valence-electron chi connectivity index (χ3n) is 2.90. The number of amides is 1. The number of carbonyl (C=O) groups is 1. The SMILES string of the molecule is O=C(CCl)Nc1ccc2nc(-c3ccccc3Br)oc2c1. The van der Waals surface area contributed by atoms with E-state index in [2.05, 4.69) is 26.2 Å². The quantitative estimate of drug-likeness (QED) is 0.698. The number of alkyl halides is 1. The number of fused-ring (bicyclic) bond motifs is 1. The van der Waals surface area contributed by atoms with Gasteiger partial charge in [0.2, 0.25) is 11.8 Å². The number of aromatic nitrogens is 1. The Morgan fingerprint density at radius 1 is 1.29 bits per heavy atom. The summed E-state index contributed by atoms with van der Waals surface area (Å²) in [5.74, 6) is 0.177. The summed E-state index contributed by atoms with van der Waals surface area (Å²) in [6.07, 6.45) is 0. The van der Waals surface area contributed by atoms with Gasteiger partial charge in [0, 0.05) is 16.2 Å². The Morgan fingerprint density at radius 3 is 2.86 bits per heavy atom. The predicted molar refractivity (Wildman–Crippen MR) is 86.5 cm³/mol. The minimum absolute atomic E-state index is 0.0867. The molecule has 0 radical (unpaired) electrons. The zero-order valence-electron chi connectivity index (χ0n) is 10.8. The number of hydrogen-bond donors (Lipinski definition) is 1. The molecule has 3 rings (SSSR count). The molecule has 0 unspecified atom stereocenters. The maximum Gasteiger partial charge on any atom is 0.239 e. The van der Waals surface area contributed by atoms with E-state index in [0.29, 0.717) is 17.2 Å². The number of oxazole rings is 1. The number of rotatable bonds is 3. The van der Waals surface area contributed by atoms with Crippen molar-refractivity contribution in [2.24, 2.45) is 0 Å². The van der Waals surface area contributed by atoms with Crippen LogP contribution in [0.25, 0.3) is 22.6 Å². The first-order chi connectivity index (χ1) is 10.2. The van der Waals surface area contributed by atoms with Crippen molar-refractivity contribution in [2.75, 3.05) is 11.2 Å². The molecule has 0 fully saturated rings. The van der Waals surface area contributed by atoms with Crippen molar-refractivity contribution in [1.82, 2.24) is 4.98 Å². The largest absolute Gasteiger partial charge is 0.436 e. The Labute approximate surface area is 134 Å². The summed E-state index contributed by atoms with van der Waals surface area (Å²) in [7, 11) is 0. The van der Waals surface area contributed by atoms with Crippen LogP contribution in [0.3, 0.4) is 0 Å². The maximum absolute atomic E-state index is 11.3. The zero-order valence-corrected chi connectivity index (χ0v) is 13.1. The Kier molecular flexibility index (Phi) is 3.94. The molecule has 21 heavy (non-hydrogen) atoms. The average Bonchev–Trinajstić information content (AvgIpc) is 2.90. The summed E-state index contributed by atoms with van der Waals surface area (Å²) in [5, 5.41) is 2.68. The number of carbonyl (C=O) groups excluding carboxylic acids is 1. The topological polar surface area (TPSA) is 55.1 Å². The van der Waals surface area contributed by atoms with Gasteiger partial charge in [-0.1, -0.05) is 12.1 Å². The van der Waals surface area contributed by atoms with Crippen molar-refractivity contribution in [2.45, 2.75) is 0 Å². The van der Waals surface area contributed by atoms with Gasteiger partial charge in [-0.15, -0.1) is 11.6 Å². The van der Waals surface area contributed by atoms with Gasteiger partial charge in [-0.3, -0.25) is 4.79 Å². The molecule has 0 atom stereocenters. The highest BCUT2D eigenvalue weighted by atomic mass is 79.9. The van der Waals surface area contributed by atoms with Crippen LogP contribution in [0, 0.1) is 0 Å². The van der Waals surface area contributed by atoms with Crippen molar-refractivity contribution < 1.29 is 9.21 Å². The second-order valence-electron chi connectivity index (χ2n) is 4.36. The van der Waals surface area contributed by atoms with Gasteiger partial charge in [-0.2, -0.15) is 0 Å². The van der Waals surface area contributed by atoms with Gasteiger partial charge in [0.25, 0.3) is 0 Å². The van der Waals surface area contributed by atoms with E-state index in [1.54, 1.807) is 18.2 Å². The molecule has 0 aliphatic rings. The van der Waals surface area contributed by atoms with Crippen LogP contribution >= 0.6 is 27.5 Å². The first-order valence-electron chi connectivity index (χ1n) is 6.18. The van der Waals surface area contributed by atoms with E-state index in [-0.39, 0.29) is 11.8 Å². The Bertz CT molecular complexity index is 816. The van der Waals surface area contributed by atoms with Crippen LogP contribution in [0.15, 0.2) is 51.4 Å². The summed E-state index contributed by atoms with van der Waals surface area (Å²) in [6, 6.07) is 13.0. The van der Waals surface area contributed by atoms with E-state index in [9.17, 15) is 4.79 Å². The summed E-state index contributed by atoms with van der Waals surface area (Å²) >= 11 is 8.94. The van der Waals surface area contributed by atoms with Crippen molar-refractivity contribution in [3.8, 4) is 11.5 Å². The molecule has 1 N–H and O–H groups in total. The van der Waals surface area contributed by atoms with Gasteiger partial charge < -0.3 is 9.73 Å². The van der Waals surface area contributed by atoms with Gasteiger partial charge in [0.1, 0.15) is 11.4 Å². The van der Waals surface area contributed by atoms with Gasteiger partial charge in [-0.25, -0.2) is 4.98 Å². The predicted octanol–water partition coefficient (Wildman–Crippen LogP) is 4.43. The van der Waals surface area contributed by atoms with Crippen LogP contribution in [0.4, 0.5) is 5.69 Å². The van der Waals surface area contributed by atoms with E-state index < -0.39 is 0 Å². The molecule has 0 saturated heterocycles. The molecule has 1 heterocycles. The first kappa shape index (κ1) is 14.1. The normalized spacial score (nSPS) is 10.8. The Morgan fingerprint density at radius 2 is 2.10 bits per heavy atom. The van der Waals surface area contributed by atoms with E-state index >= 15 is 0 Å². The highest BCUT2D eigenvalue weighted by Gasteiger charge is 2.11. The molecule has 0 aliphatic heterocycles. The number of halogens is 2. The zero-order chi connectivity index (χ0) is 14.8. The number of nitrogens with zero attached hydrogens (tertiary/aromatic N) is 1. The molecule has 4 nitrogen and oxygen atoms in total. The van der Waals surface area contributed by atoms with Crippen LogP contribution < -0.4 is 5.32 Å². The standard InChI is InChI=1S/C15H10BrClN2O2/c16-11-4-2-1-3-10(11)15-19-12-6-5-9(7-13(12)21-15)18-14(20)8-17/h1-7H,8H2,(H,18,20). The minimum Gasteiger partial charge on any atom is -0.436 e. The van der Waals surface area contributed by atoms with Gasteiger partial charge in [-0.05, 0) is 40.2 Å². The molecule has 6 heteroatoms. The smallest absolute Gasteiger partial charge is 0.239 e. The monoisotopic (exact) mass is 364 g/mol. The second kappa shape index (κ2) is 5.87. The van der Waals surface area contributed by atoms with Gasteiger partial charge in [0.05, 0.1) is 5.56 Å². The first-order valence-corrected chi connectivity index (χ1v) is 7.51. The highest BCUT2D eigenvalue weighted by molar-refractivity contribution is 9.10. The molecule has 1 aromatic heterocycles. The molecular weight excluding hydrogens is 356 g/mol. The molecule has 0 spiro atoms. The van der Waals surface area contributed by atoms with Crippen molar-refractivity contribution in [3.63, 3.8) is 0 Å². The molecular formula is C15H10BrClN2O2. The fourth-order valence-electron chi connectivity index (χ4n) is 1.95. The summed E-state index contributed by atoms with van der Waals surface area (Å²) in [4.78, 5) is 15.7. The molecule has 0 saturated carbocycles. The van der Waals surface area contributed by atoms with Crippen LogP contribution in [-0.2, 0) is 4.79 Å². The van der Waals surface area contributed by atoms with Crippen molar-refractivity contribution >= 4 is 50.2 Å². The molecule has 2 aromatic carbocycles. The van der Waals surface area contributed by atoms with E-state index in [4.69, 9.17) is 16.0 Å². The third kappa shape index (κ3) is 2.94. The Hall–Kier alpha value is -1.85. The summed E-state index contributed by atoms with van der Waals surface area (Å²) in [5.41, 5.74) is 2.83. The van der Waals surface area contributed by atoms with Crippen LogP contribution in [0.5, 0.6) is 0 Å². The highest BCUT2D eigenvalue weighted by Crippen LogP contribution is 2.30. The van der Waals surface area contributed by atoms with Crippen LogP contribution in [0.1, 0.15) is 0 Å². The average molecular weight is 366 g/mol. The maximum atomic E-state index is 11.3. The molecule has 3 aromatic rings. The number of benzene rings is 2. The van der Waals surface area contributed by atoms with Crippen LogP contribution in [0.2, 0.25) is 0 Å². The van der Waals surface area contributed by atoms with Crippen LogP contribution in [-0.4, -0.2) is 16.8 Å². The number of anilines is 1. The molecule has 106 valence electrons. The van der Waals surface area contributed by atoms with E-state index in [1.165, 1.54) is 0 Å².